The van der Waals surface area contributed by atoms with E-state index in [-0.39, 0.29) is 18.9 Å². The number of aliphatic hydroxyl groups is 1. The molecule has 0 fully saturated rings. The maximum atomic E-state index is 13.5. The van der Waals surface area contributed by atoms with E-state index in [1.807, 2.05) is 37.3 Å². The molecule has 0 radical (unpaired) electrons. The van der Waals surface area contributed by atoms with Crippen molar-refractivity contribution in [3.63, 3.8) is 0 Å². The van der Waals surface area contributed by atoms with Crippen LogP contribution in [0.5, 0.6) is 5.75 Å². The molecule has 1 N–H and O–H groups in total. The Bertz CT molecular complexity index is 1100. The number of benzene rings is 2. The van der Waals surface area contributed by atoms with Crippen molar-refractivity contribution in [2.75, 3.05) is 13.2 Å². The minimum absolute atomic E-state index is 0.0440. The van der Waals surface area contributed by atoms with Gasteiger partial charge in [-0.1, -0.05) is 68.0 Å². The van der Waals surface area contributed by atoms with Gasteiger partial charge >= 0.3 is 12.4 Å². The van der Waals surface area contributed by atoms with Crippen LogP contribution in [-0.2, 0) is 11.3 Å². The van der Waals surface area contributed by atoms with Gasteiger partial charge in [0.1, 0.15) is 5.75 Å². The van der Waals surface area contributed by atoms with Crippen molar-refractivity contribution in [1.82, 2.24) is 9.91 Å². The Hall–Kier alpha value is -3.63. The Balaban J connectivity index is 1.77. The van der Waals surface area contributed by atoms with E-state index in [0.29, 0.717) is 24.2 Å². The average molecular weight is 532 g/mol. The highest BCUT2D eigenvalue weighted by molar-refractivity contribution is 5.79. The summed E-state index contributed by atoms with van der Waals surface area (Å²) in [6.45, 7) is 6.16. The van der Waals surface area contributed by atoms with Crippen molar-refractivity contribution < 1.29 is 32.5 Å². The lowest BCUT2D eigenvalue weighted by atomic mass is 10.0. The number of hydrazone groups is 1. The molecule has 10 heteroatoms. The molecular weight excluding hydrogens is 499 g/mol. The number of urea groups is 1. The maximum absolute atomic E-state index is 13.5. The topological polar surface area (TPSA) is 74.6 Å². The van der Waals surface area contributed by atoms with Crippen LogP contribution < -0.4 is 4.74 Å². The number of allylic oxidation sites excluding steroid dienone is 1. The molecule has 1 aliphatic rings. The van der Waals surface area contributed by atoms with Crippen molar-refractivity contribution in [1.29, 1.82) is 0 Å². The quantitative estimate of drug-likeness (QED) is 0.220. The number of nitrogens with zero attached hydrogens (tertiary/aromatic N) is 3. The first-order chi connectivity index (χ1) is 18.2. The first-order valence-electron chi connectivity index (χ1n) is 12.3. The molecule has 2 aromatic carbocycles. The molecule has 1 heterocycles. The molecule has 2 atom stereocenters. The number of aliphatic hydroxyl groups excluding tert-OH is 1. The number of carbonyl (C=O) groups excluding carboxylic acids is 1. The van der Waals surface area contributed by atoms with E-state index in [1.54, 1.807) is 12.2 Å². The van der Waals surface area contributed by atoms with Crippen molar-refractivity contribution >= 4 is 18.3 Å². The van der Waals surface area contributed by atoms with E-state index in [0.717, 1.165) is 23.4 Å². The SMILES string of the molecule is C=NN(/C=C(\CCCC)c1ccc(OC(F)(F)F)cc1)C(=O)N1C[C@H](O)C=C[C@@H]1COCc1ccccc1. The summed E-state index contributed by atoms with van der Waals surface area (Å²) in [6.07, 6.45) is 1.45. The van der Waals surface area contributed by atoms with Crippen molar-refractivity contribution in [2.45, 2.75) is 51.3 Å². The van der Waals surface area contributed by atoms with Crippen molar-refractivity contribution in [2.24, 2.45) is 5.10 Å². The maximum Gasteiger partial charge on any atom is 0.573 e. The summed E-state index contributed by atoms with van der Waals surface area (Å²) in [7, 11) is 0. The number of unbranched alkanes of at least 4 members (excludes halogenated alkanes) is 1. The lowest BCUT2D eigenvalue weighted by molar-refractivity contribution is -0.274. The second-order valence-electron chi connectivity index (χ2n) is 8.77. The summed E-state index contributed by atoms with van der Waals surface area (Å²) in [4.78, 5) is 15.0. The molecule has 0 aromatic heterocycles. The molecule has 0 spiro atoms. The number of ether oxygens (including phenoxy) is 2. The fourth-order valence-electron chi connectivity index (χ4n) is 3.95. The number of alkyl halides is 3. The fraction of sp³-hybridized carbons (Fsp3) is 0.357. The first-order valence-corrected chi connectivity index (χ1v) is 12.3. The minimum Gasteiger partial charge on any atom is -0.406 e. The predicted molar refractivity (Wildman–Crippen MR) is 139 cm³/mol. The minimum atomic E-state index is -4.78. The smallest absolute Gasteiger partial charge is 0.406 e. The van der Waals surface area contributed by atoms with Crippen LogP contribution in [0.3, 0.4) is 0 Å². The largest absolute Gasteiger partial charge is 0.573 e. The van der Waals surface area contributed by atoms with Gasteiger partial charge in [-0.15, -0.1) is 13.2 Å². The molecule has 2 amide bonds. The summed E-state index contributed by atoms with van der Waals surface area (Å²) in [5.74, 6) is -0.335. The highest BCUT2D eigenvalue weighted by Gasteiger charge is 2.32. The number of β-amino-alcohol motifs (C(OH)–C–C–N with tert-alkyl or cyclic N) is 1. The number of halogens is 3. The molecule has 7 nitrogen and oxygen atoms in total. The molecule has 38 heavy (non-hydrogen) atoms. The molecule has 3 rings (SSSR count). The number of hydrogen-bond acceptors (Lipinski definition) is 5. The van der Waals surface area contributed by atoms with E-state index >= 15 is 0 Å². The molecule has 204 valence electrons. The van der Waals surface area contributed by atoms with E-state index < -0.39 is 24.5 Å². The van der Waals surface area contributed by atoms with E-state index in [2.05, 4.69) is 16.6 Å². The molecule has 0 aliphatic carbocycles. The summed E-state index contributed by atoms with van der Waals surface area (Å²) < 4.78 is 47.4. The summed E-state index contributed by atoms with van der Waals surface area (Å²) in [5.41, 5.74) is 2.31. The van der Waals surface area contributed by atoms with Crippen LogP contribution in [-0.4, -0.2) is 59.4 Å². The zero-order chi connectivity index (χ0) is 27.5. The van der Waals surface area contributed by atoms with Gasteiger partial charge in [-0.25, -0.2) is 4.79 Å². The number of carbonyl (C=O) groups is 1. The lowest BCUT2D eigenvalue weighted by Crippen LogP contribution is -2.51. The van der Waals surface area contributed by atoms with Crippen LogP contribution in [0.1, 0.15) is 37.3 Å². The van der Waals surface area contributed by atoms with Crippen LogP contribution in [0.2, 0.25) is 0 Å². The normalized spacial score (nSPS) is 17.8. The van der Waals surface area contributed by atoms with Gasteiger partial charge < -0.3 is 19.5 Å². The van der Waals surface area contributed by atoms with Gasteiger partial charge in [0.05, 0.1) is 31.9 Å². The third-order valence-electron chi connectivity index (χ3n) is 5.87. The number of rotatable bonds is 11. The second kappa shape index (κ2) is 13.8. The van der Waals surface area contributed by atoms with E-state index in [1.165, 1.54) is 35.4 Å². The van der Waals surface area contributed by atoms with Gasteiger partial charge in [-0.2, -0.15) is 10.1 Å². The molecule has 2 aromatic rings. The standard InChI is InChI=1S/C28H32F3N3O4/c1-3-4-10-23(22-11-15-26(16-12-22)38-28(29,30)31)17-34(32-2)27(36)33-18-25(35)14-13-24(33)20-37-19-21-8-6-5-7-9-21/h5-9,11-17,24-25,35H,2-4,10,18-20H2,1H3/b23-17+/t24-,25-/m1/s1. The third kappa shape index (κ3) is 8.74. The molecule has 0 unspecified atom stereocenters. The lowest BCUT2D eigenvalue weighted by Gasteiger charge is -2.35. The zero-order valence-electron chi connectivity index (χ0n) is 21.2. The van der Waals surface area contributed by atoms with Gasteiger partial charge in [0, 0.05) is 12.9 Å². The van der Waals surface area contributed by atoms with Gasteiger partial charge in [0.25, 0.3) is 0 Å². The number of hydrogen-bond donors (Lipinski definition) is 1. The van der Waals surface area contributed by atoms with Crippen LogP contribution in [0, 0.1) is 0 Å². The monoisotopic (exact) mass is 531 g/mol. The molecule has 0 bridgehead atoms. The Morgan fingerprint density at radius 3 is 2.53 bits per heavy atom. The third-order valence-corrected chi connectivity index (χ3v) is 5.87. The summed E-state index contributed by atoms with van der Waals surface area (Å²) in [6, 6.07) is 14.1. The first kappa shape index (κ1) is 28.9. The van der Waals surface area contributed by atoms with Crippen molar-refractivity contribution in [3.05, 3.63) is 84.1 Å². The Labute approximate surface area is 220 Å². The Kier molecular flexibility index (Phi) is 10.5. The fourth-order valence-corrected chi connectivity index (χ4v) is 3.95. The van der Waals surface area contributed by atoms with E-state index in [4.69, 9.17) is 4.74 Å². The van der Waals surface area contributed by atoms with Gasteiger partial charge in [0.15, 0.2) is 0 Å². The Morgan fingerprint density at radius 1 is 1.18 bits per heavy atom. The highest BCUT2D eigenvalue weighted by Crippen LogP contribution is 2.28. The molecule has 0 saturated carbocycles. The molecular formula is C28H32F3N3O4. The molecule has 0 saturated heterocycles. The van der Waals surface area contributed by atoms with Gasteiger partial charge in [-0.05, 0) is 41.7 Å². The summed E-state index contributed by atoms with van der Waals surface area (Å²) in [5, 5.41) is 15.2. The zero-order valence-corrected chi connectivity index (χ0v) is 21.2. The highest BCUT2D eigenvalue weighted by atomic mass is 19.4. The van der Waals surface area contributed by atoms with Crippen LogP contribution in [0.15, 0.2) is 78.1 Å². The molecule has 1 aliphatic heterocycles. The predicted octanol–water partition coefficient (Wildman–Crippen LogP) is 5.97. The van der Waals surface area contributed by atoms with Crippen LogP contribution in [0.4, 0.5) is 18.0 Å². The van der Waals surface area contributed by atoms with Crippen molar-refractivity contribution in [3.8, 4) is 5.75 Å². The van der Waals surface area contributed by atoms with E-state index in [9.17, 15) is 23.1 Å². The second-order valence-corrected chi connectivity index (χ2v) is 8.77. The summed E-state index contributed by atoms with van der Waals surface area (Å²) >= 11 is 0. The van der Waals surface area contributed by atoms with Crippen LogP contribution >= 0.6 is 0 Å². The Morgan fingerprint density at radius 2 is 1.89 bits per heavy atom. The number of amides is 2. The van der Waals surface area contributed by atoms with Gasteiger partial charge in [0.2, 0.25) is 0 Å². The van der Waals surface area contributed by atoms with Crippen LogP contribution in [0.25, 0.3) is 5.57 Å². The van der Waals surface area contributed by atoms with Gasteiger partial charge in [-0.3, -0.25) is 0 Å². The average Bonchev–Trinajstić information content (AvgIpc) is 2.89.